The first kappa shape index (κ1) is 16.8. The van der Waals surface area contributed by atoms with Gasteiger partial charge in [0.15, 0.2) is 11.5 Å². The largest absolute Gasteiger partial charge is 0.337 e. The third-order valence-electron chi connectivity index (χ3n) is 5.16. The van der Waals surface area contributed by atoms with Crippen molar-refractivity contribution in [1.82, 2.24) is 23.8 Å². The number of aryl methyl sites for hydroxylation is 1. The Balaban J connectivity index is 1.77. The molecule has 0 saturated carbocycles. The lowest BCUT2D eigenvalue weighted by Crippen LogP contribution is -2.42. The number of aromatic nitrogens is 4. The summed E-state index contributed by atoms with van der Waals surface area (Å²) in [5, 5.41) is 0. The average Bonchev–Trinajstić information content (AvgIpc) is 3.26. The molecule has 0 spiro atoms. The molecule has 1 fully saturated rings. The number of nitrogens with zero attached hydrogens (tertiary/aromatic N) is 5. The minimum atomic E-state index is 0.0279. The number of carbonyl (C=O) groups excluding carboxylic acids is 1. The van der Waals surface area contributed by atoms with Crippen molar-refractivity contribution in [1.29, 1.82) is 0 Å². The molecule has 0 bridgehead atoms. The van der Waals surface area contributed by atoms with Gasteiger partial charge < -0.3 is 9.47 Å². The molecule has 0 N–H and O–H groups in total. The van der Waals surface area contributed by atoms with E-state index in [4.69, 9.17) is 4.98 Å². The Bertz CT molecular complexity index is 925. The van der Waals surface area contributed by atoms with Gasteiger partial charge in [-0.15, -0.1) is 0 Å². The number of pyridine rings is 1. The molecule has 26 heavy (non-hydrogen) atoms. The van der Waals surface area contributed by atoms with E-state index in [1.165, 1.54) is 6.42 Å². The second kappa shape index (κ2) is 6.94. The van der Waals surface area contributed by atoms with Gasteiger partial charge in [-0.2, -0.15) is 0 Å². The molecule has 0 aromatic carbocycles. The second-order valence-electron chi connectivity index (χ2n) is 7.08. The average molecular weight is 351 g/mol. The summed E-state index contributed by atoms with van der Waals surface area (Å²) < 4.78 is 4.04. The topological polar surface area (TPSA) is 55.4 Å². The number of fused-ring (bicyclic) bond motifs is 1. The van der Waals surface area contributed by atoms with Gasteiger partial charge in [0, 0.05) is 31.5 Å². The van der Waals surface area contributed by atoms with E-state index in [0.717, 1.165) is 49.4 Å². The van der Waals surface area contributed by atoms with Crippen molar-refractivity contribution in [2.75, 3.05) is 6.54 Å². The highest BCUT2D eigenvalue weighted by atomic mass is 16.2. The third-order valence-corrected chi connectivity index (χ3v) is 5.16. The number of carbonyl (C=O) groups is 1. The van der Waals surface area contributed by atoms with Gasteiger partial charge in [-0.05, 0) is 44.7 Å². The highest BCUT2D eigenvalue weighted by Crippen LogP contribution is 2.25. The van der Waals surface area contributed by atoms with Crippen LogP contribution in [-0.2, 0) is 6.54 Å². The summed E-state index contributed by atoms with van der Waals surface area (Å²) in [4.78, 5) is 24.4. The quantitative estimate of drug-likeness (QED) is 0.721. The third kappa shape index (κ3) is 2.89. The zero-order valence-electron chi connectivity index (χ0n) is 15.4. The van der Waals surface area contributed by atoms with E-state index >= 15 is 0 Å². The van der Waals surface area contributed by atoms with E-state index < -0.39 is 0 Å². The maximum absolute atomic E-state index is 13.2. The fourth-order valence-corrected chi connectivity index (χ4v) is 3.77. The van der Waals surface area contributed by atoms with Crippen LogP contribution in [-0.4, -0.2) is 42.3 Å². The van der Waals surface area contributed by atoms with Crippen molar-refractivity contribution < 1.29 is 4.79 Å². The summed E-state index contributed by atoms with van der Waals surface area (Å²) >= 11 is 0. The fourth-order valence-electron chi connectivity index (χ4n) is 3.77. The van der Waals surface area contributed by atoms with Gasteiger partial charge in [-0.25, -0.2) is 9.97 Å². The molecule has 1 saturated heterocycles. The highest BCUT2D eigenvalue weighted by Gasteiger charge is 2.28. The van der Waals surface area contributed by atoms with Gasteiger partial charge >= 0.3 is 0 Å². The van der Waals surface area contributed by atoms with Crippen LogP contribution < -0.4 is 0 Å². The fraction of sp³-hybridized carbons (Fsp3) is 0.450. The first-order valence-electron chi connectivity index (χ1n) is 9.49. The Morgan fingerprint density at radius 2 is 2.19 bits per heavy atom. The van der Waals surface area contributed by atoms with Crippen LogP contribution in [0.4, 0.5) is 0 Å². The van der Waals surface area contributed by atoms with Gasteiger partial charge in [0.1, 0.15) is 5.69 Å². The van der Waals surface area contributed by atoms with Crippen molar-refractivity contribution in [3.63, 3.8) is 0 Å². The van der Waals surface area contributed by atoms with Crippen molar-refractivity contribution in [3.8, 4) is 11.5 Å². The molecule has 3 aromatic rings. The predicted octanol–water partition coefficient (Wildman–Crippen LogP) is 3.62. The summed E-state index contributed by atoms with van der Waals surface area (Å²) in [5.41, 5.74) is 2.17. The molecule has 4 heterocycles. The summed E-state index contributed by atoms with van der Waals surface area (Å²) in [6, 6.07) is 6.14. The number of rotatable bonds is 4. The molecule has 1 aliphatic heterocycles. The molecular formula is C20H25N5O. The van der Waals surface area contributed by atoms with E-state index in [-0.39, 0.29) is 11.9 Å². The van der Waals surface area contributed by atoms with E-state index in [2.05, 4.69) is 23.4 Å². The van der Waals surface area contributed by atoms with E-state index in [1.54, 1.807) is 0 Å². The smallest absolute Gasteiger partial charge is 0.274 e. The Kier molecular flexibility index (Phi) is 4.49. The lowest BCUT2D eigenvalue weighted by Gasteiger charge is -2.32. The van der Waals surface area contributed by atoms with Gasteiger partial charge in [0.2, 0.25) is 0 Å². The minimum Gasteiger partial charge on any atom is -0.337 e. The van der Waals surface area contributed by atoms with Crippen LogP contribution in [0, 0.1) is 0 Å². The monoisotopic (exact) mass is 351 g/mol. The summed E-state index contributed by atoms with van der Waals surface area (Å²) in [7, 11) is 0. The lowest BCUT2D eigenvalue weighted by molar-refractivity contribution is 0.0632. The van der Waals surface area contributed by atoms with Gasteiger partial charge in [-0.1, -0.05) is 13.0 Å². The Morgan fingerprint density at radius 1 is 1.31 bits per heavy atom. The molecule has 1 unspecified atom stereocenters. The SMILES string of the molecule is CCCn1cnc(-c2nc(C(=O)N3CCCCC3C)c3ccccn23)c1. The van der Waals surface area contributed by atoms with E-state index in [1.807, 2.05) is 46.2 Å². The Hall–Kier alpha value is -2.63. The molecule has 1 aliphatic rings. The number of likely N-dealkylation sites (tertiary alicyclic amines) is 1. The molecule has 136 valence electrons. The van der Waals surface area contributed by atoms with Crippen LogP contribution in [0.1, 0.15) is 50.0 Å². The van der Waals surface area contributed by atoms with Crippen molar-refractivity contribution >= 4 is 11.4 Å². The summed E-state index contributed by atoms with van der Waals surface area (Å²) in [6.45, 7) is 6.00. The van der Waals surface area contributed by atoms with Crippen LogP contribution in [0.5, 0.6) is 0 Å². The molecule has 1 amide bonds. The highest BCUT2D eigenvalue weighted by molar-refractivity contribution is 6.00. The van der Waals surface area contributed by atoms with Crippen molar-refractivity contribution in [3.05, 3.63) is 42.6 Å². The predicted molar refractivity (Wildman–Crippen MR) is 101 cm³/mol. The maximum atomic E-state index is 13.2. The van der Waals surface area contributed by atoms with Gasteiger partial charge in [0.25, 0.3) is 5.91 Å². The molecule has 6 heteroatoms. The summed E-state index contributed by atoms with van der Waals surface area (Å²) in [5.74, 6) is 0.753. The maximum Gasteiger partial charge on any atom is 0.274 e. The zero-order valence-corrected chi connectivity index (χ0v) is 15.4. The number of amides is 1. The lowest BCUT2D eigenvalue weighted by atomic mass is 10.0. The number of hydrogen-bond donors (Lipinski definition) is 0. The molecule has 3 aromatic heterocycles. The standard InChI is InChI=1S/C20H25N5O/c1-3-10-23-13-16(21-14-23)19-22-18(17-9-5-7-12-25(17)19)20(26)24-11-6-4-8-15(24)2/h5,7,9,12-15H,3-4,6,8,10-11H2,1-2H3. The van der Waals surface area contributed by atoms with E-state index in [9.17, 15) is 4.79 Å². The van der Waals surface area contributed by atoms with Crippen molar-refractivity contribution in [2.45, 2.75) is 52.1 Å². The Labute approximate surface area is 153 Å². The number of imidazole rings is 2. The summed E-state index contributed by atoms with van der Waals surface area (Å²) in [6.07, 6.45) is 10.2. The van der Waals surface area contributed by atoms with Crippen LogP contribution in [0.15, 0.2) is 36.9 Å². The first-order chi connectivity index (χ1) is 12.7. The molecule has 0 aliphatic carbocycles. The van der Waals surface area contributed by atoms with Crippen LogP contribution in [0.25, 0.3) is 17.0 Å². The second-order valence-corrected chi connectivity index (χ2v) is 7.08. The van der Waals surface area contributed by atoms with Gasteiger partial charge in [0.05, 0.1) is 11.8 Å². The van der Waals surface area contributed by atoms with Crippen LogP contribution >= 0.6 is 0 Å². The van der Waals surface area contributed by atoms with Crippen molar-refractivity contribution in [2.24, 2.45) is 0 Å². The zero-order chi connectivity index (χ0) is 18.1. The molecule has 1 atom stereocenters. The first-order valence-corrected chi connectivity index (χ1v) is 9.49. The van der Waals surface area contributed by atoms with Crippen LogP contribution in [0.3, 0.4) is 0 Å². The number of piperidine rings is 1. The molecular weight excluding hydrogens is 326 g/mol. The Morgan fingerprint density at radius 3 is 3.00 bits per heavy atom. The minimum absolute atomic E-state index is 0.0279. The van der Waals surface area contributed by atoms with E-state index in [0.29, 0.717) is 5.69 Å². The van der Waals surface area contributed by atoms with Gasteiger partial charge in [-0.3, -0.25) is 9.20 Å². The molecule has 0 radical (unpaired) electrons. The molecule has 6 nitrogen and oxygen atoms in total. The normalized spacial score (nSPS) is 17.8. The number of hydrogen-bond acceptors (Lipinski definition) is 3. The molecule has 4 rings (SSSR count). The van der Waals surface area contributed by atoms with Crippen LogP contribution in [0.2, 0.25) is 0 Å².